The maximum absolute atomic E-state index is 13.0. The molecule has 0 spiro atoms. The van der Waals surface area contributed by atoms with Crippen LogP contribution < -0.4 is 9.47 Å². The number of aromatic amines is 1. The van der Waals surface area contributed by atoms with Crippen molar-refractivity contribution >= 4 is 11.8 Å². The fourth-order valence-electron chi connectivity index (χ4n) is 3.75. The van der Waals surface area contributed by atoms with Gasteiger partial charge in [0, 0.05) is 49.7 Å². The summed E-state index contributed by atoms with van der Waals surface area (Å²) in [6.45, 7) is 6.59. The van der Waals surface area contributed by atoms with Crippen molar-refractivity contribution in [2.75, 3.05) is 39.4 Å². The molecule has 3 heterocycles. The van der Waals surface area contributed by atoms with Gasteiger partial charge in [0.1, 0.15) is 5.69 Å². The smallest absolute Gasteiger partial charge is 0.272 e. The Hall–Kier alpha value is -3.88. The summed E-state index contributed by atoms with van der Waals surface area (Å²) in [5.74, 6) is 0.961. The molecule has 0 unspecified atom stereocenters. The molecule has 9 heteroatoms. The molecule has 0 bridgehead atoms. The maximum atomic E-state index is 13.0. The van der Waals surface area contributed by atoms with E-state index >= 15 is 0 Å². The number of benzene rings is 1. The molecule has 0 aliphatic carbocycles. The second-order valence-corrected chi connectivity index (χ2v) is 7.51. The highest BCUT2D eigenvalue weighted by molar-refractivity contribution is 5.96. The number of nitrogens with zero attached hydrogens (tertiary/aromatic N) is 4. The van der Waals surface area contributed by atoms with Gasteiger partial charge in [0.05, 0.1) is 18.9 Å². The van der Waals surface area contributed by atoms with Crippen molar-refractivity contribution in [2.45, 2.75) is 13.8 Å². The summed E-state index contributed by atoms with van der Waals surface area (Å²) in [5.41, 5.74) is 2.54. The van der Waals surface area contributed by atoms with E-state index in [9.17, 15) is 9.59 Å². The Bertz CT molecular complexity index is 1110. The average Bonchev–Trinajstić information content (AvgIpc) is 3.36. The van der Waals surface area contributed by atoms with Gasteiger partial charge in [-0.05, 0) is 50.2 Å². The quantitative estimate of drug-likeness (QED) is 0.595. The van der Waals surface area contributed by atoms with E-state index in [0.29, 0.717) is 67.8 Å². The largest absolute Gasteiger partial charge is 0.490 e. The molecule has 4 rings (SSSR count). The van der Waals surface area contributed by atoms with Crippen molar-refractivity contribution in [3.63, 3.8) is 0 Å². The van der Waals surface area contributed by atoms with E-state index in [2.05, 4.69) is 15.2 Å². The fourth-order valence-corrected chi connectivity index (χ4v) is 3.75. The first-order valence-electron chi connectivity index (χ1n) is 11.0. The number of ether oxygens (including phenoxy) is 2. The van der Waals surface area contributed by atoms with Crippen LogP contribution in [0.5, 0.6) is 11.5 Å². The molecule has 9 nitrogen and oxygen atoms in total. The number of pyridine rings is 1. The fraction of sp³-hybridized carbons (Fsp3) is 0.333. The van der Waals surface area contributed by atoms with Gasteiger partial charge in [-0.1, -0.05) is 0 Å². The molecule has 1 aliphatic rings. The minimum absolute atomic E-state index is 0.0902. The zero-order chi connectivity index (χ0) is 23.2. The number of rotatable bonds is 7. The van der Waals surface area contributed by atoms with E-state index in [1.165, 1.54) is 0 Å². The van der Waals surface area contributed by atoms with Gasteiger partial charge in [-0.3, -0.25) is 19.7 Å². The number of H-pyrrole nitrogens is 1. The second-order valence-electron chi connectivity index (χ2n) is 7.51. The van der Waals surface area contributed by atoms with Crippen LogP contribution in [0.1, 0.15) is 34.7 Å². The number of nitrogens with one attached hydrogen (secondary N) is 1. The molecule has 2 aromatic heterocycles. The SMILES string of the molecule is CCOc1ccc(C(=O)N2CCN(C(=O)c3cc(-c4ccncc4)n[nH]3)CC2)cc1OCC. The second kappa shape index (κ2) is 10.2. The summed E-state index contributed by atoms with van der Waals surface area (Å²) in [4.78, 5) is 33.4. The highest BCUT2D eigenvalue weighted by Gasteiger charge is 2.27. The first-order chi connectivity index (χ1) is 16.1. The maximum Gasteiger partial charge on any atom is 0.272 e. The molecule has 1 N–H and O–H groups in total. The van der Waals surface area contributed by atoms with Crippen LogP contribution in [0.25, 0.3) is 11.3 Å². The van der Waals surface area contributed by atoms with Gasteiger partial charge in [0.25, 0.3) is 11.8 Å². The topological polar surface area (TPSA) is 101 Å². The van der Waals surface area contributed by atoms with Gasteiger partial charge in [-0.2, -0.15) is 5.10 Å². The number of aromatic nitrogens is 3. The van der Waals surface area contributed by atoms with Gasteiger partial charge in [0.15, 0.2) is 11.5 Å². The van der Waals surface area contributed by atoms with E-state index in [1.807, 2.05) is 26.0 Å². The minimum Gasteiger partial charge on any atom is -0.490 e. The zero-order valence-electron chi connectivity index (χ0n) is 18.8. The number of hydrogen-bond donors (Lipinski definition) is 1. The Kier molecular flexibility index (Phi) is 6.87. The third-order valence-corrected chi connectivity index (χ3v) is 5.43. The summed E-state index contributed by atoms with van der Waals surface area (Å²) in [6.07, 6.45) is 3.37. The lowest BCUT2D eigenvalue weighted by Crippen LogP contribution is -2.50. The Morgan fingerprint density at radius 1 is 0.879 bits per heavy atom. The molecule has 33 heavy (non-hydrogen) atoms. The predicted molar refractivity (Wildman–Crippen MR) is 122 cm³/mol. The number of amides is 2. The first kappa shape index (κ1) is 22.3. The monoisotopic (exact) mass is 449 g/mol. The van der Waals surface area contributed by atoms with Crippen LogP contribution in [0.3, 0.4) is 0 Å². The molecule has 3 aromatic rings. The summed E-state index contributed by atoms with van der Waals surface area (Å²) in [5, 5.41) is 7.07. The van der Waals surface area contributed by atoms with Crippen molar-refractivity contribution in [3.05, 3.63) is 60.0 Å². The number of hydrogen-bond acceptors (Lipinski definition) is 6. The Labute approximate surface area is 192 Å². The third kappa shape index (κ3) is 4.97. The lowest BCUT2D eigenvalue weighted by Gasteiger charge is -2.34. The molecule has 2 amide bonds. The highest BCUT2D eigenvalue weighted by atomic mass is 16.5. The Morgan fingerprint density at radius 3 is 2.18 bits per heavy atom. The summed E-state index contributed by atoms with van der Waals surface area (Å²) < 4.78 is 11.2. The Morgan fingerprint density at radius 2 is 1.52 bits per heavy atom. The molecule has 0 saturated carbocycles. The molecular weight excluding hydrogens is 422 g/mol. The van der Waals surface area contributed by atoms with Crippen molar-refractivity contribution in [2.24, 2.45) is 0 Å². The van der Waals surface area contributed by atoms with E-state index in [1.54, 1.807) is 46.5 Å². The normalized spacial score (nSPS) is 13.6. The van der Waals surface area contributed by atoms with E-state index in [-0.39, 0.29) is 11.8 Å². The van der Waals surface area contributed by atoms with Crippen molar-refractivity contribution in [1.82, 2.24) is 25.0 Å². The average molecular weight is 450 g/mol. The van der Waals surface area contributed by atoms with E-state index in [4.69, 9.17) is 9.47 Å². The van der Waals surface area contributed by atoms with Crippen LogP contribution in [0, 0.1) is 0 Å². The molecule has 0 atom stereocenters. The molecule has 172 valence electrons. The number of piperazine rings is 1. The van der Waals surface area contributed by atoms with Crippen LogP contribution in [0.2, 0.25) is 0 Å². The van der Waals surface area contributed by atoms with Crippen LogP contribution in [0.15, 0.2) is 48.8 Å². The van der Waals surface area contributed by atoms with Crippen molar-refractivity contribution in [3.8, 4) is 22.8 Å². The van der Waals surface area contributed by atoms with Crippen LogP contribution in [-0.4, -0.2) is 76.2 Å². The molecule has 0 radical (unpaired) electrons. The van der Waals surface area contributed by atoms with E-state index < -0.39 is 0 Å². The lowest BCUT2D eigenvalue weighted by molar-refractivity contribution is 0.0532. The van der Waals surface area contributed by atoms with Crippen molar-refractivity contribution < 1.29 is 19.1 Å². The highest BCUT2D eigenvalue weighted by Crippen LogP contribution is 2.29. The summed E-state index contributed by atoms with van der Waals surface area (Å²) >= 11 is 0. The third-order valence-electron chi connectivity index (χ3n) is 5.43. The van der Waals surface area contributed by atoms with Gasteiger partial charge in [0.2, 0.25) is 0 Å². The molecule has 1 aliphatic heterocycles. The number of carbonyl (C=O) groups is 2. The molecular formula is C24H27N5O4. The summed E-state index contributed by atoms with van der Waals surface area (Å²) in [6, 6.07) is 10.7. The van der Waals surface area contributed by atoms with Crippen LogP contribution >= 0.6 is 0 Å². The zero-order valence-corrected chi connectivity index (χ0v) is 18.8. The minimum atomic E-state index is -0.130. The van der Waals surface area contributed by atoms with Gasteiger partial charge in [-0.25, -0.2) is 0 Å². The van der Waals surface area contributed by atoms with Crippen LogP contribution in [-0.2, 0) is 0 Å². The van der Waals surface area contributed by atoms with E-state index in [0.717, 1.165) is 5.56 Å². The van der Waals surface area contributed by atoms with Gasteiger partial charge in [-0.15, -0.1) is 0 Å². The number of carbonyl (C=O) groups excluding carboxylic acids is 2. The summed E-state index contributed by atoms with van der Waals surface area (Å²) in [7, 11) is 0. The van der Waals surface area contributed by atoms with Gasteiger partial charge >= 0.3 is 0 Å². The molecule has 1 aromatic carbocycles. The standard InChI is InChI=1S/C24H27N5O4/c1-3-32-21-6-5-18(15-22(21)33-4-2)23(30)28-11-13-29(14-12-28)24(31)20-16-19(26-27-20)17-7-9-25-10-8-17/h5-10,15-16H,3-4,11-14H2,1-2H3,(H,26,27). The Balaban J connectivity index is 1.38. The van der Waals surface area contributed by atoms with Crippen LogP contribution in [0.4, 0.5) is 0 Å². The first-order valence-corrected chi connectivity index (χ1v) is 11.0. The molecule has 1 saturated heterocycles. The molecule has 1 fully saturated rings. The predicted octanol–water partition coefficient (Wildman–Crippen LogP) is 2.87. The lowest BCUT2D eigenvalue weighted by atomic mass is 10.1. The van der Waals surface area contributed by atoms with Gasteiger partial charge < -0.3 is 19.3 Å². The van der Waals surface area contributed by atoms with Crippen molar-refractivity contribution in [1.29, 1.82) is 0 Å².